The minimum absolute atomic E-state index is 0.117. The number of carbonyl (C=O) groups excluding carboxylic acids is 1. The largest absolute Gasteiger partial charge is 0.399 e. The third-order valence-electron chi connectivity index (χ3n) is 3.40. The van der Waals surface area contributed by atoms with E-state index in [0.717, 1.165) is 16.3 Å². The molecule has 1 fully saturated rings. The molecule has 1 amide bonds. The van der Waals surface area contributed by atoms with E-state index in [1.165, 1.54) is 11.3 Å². The number of morpholine rings is 1. The average Bonchev–Trinajstić information content (AvgIpc) is 2.97. The number of nitrogens with zero attached hydrogens (tertiary/aromatic N) is 2. The van der Waals surface area contributed by atoms with Crippen LogP contribution in [-0.2, 0) is 16.0 Å². The average molecular weight is 303 g/mol. The van der Waals surface area contributed by atoms with Gasteiger partial charge < -0.3 is 15.4 Å². The van der Waals surface area contributed by atoms with Gasteiger partial charge in [-0.1, -0.05) is 12.1 Å². The third-order valence-corrected chi connectivity index (χ3v) is 4.25. The number of hydrogen-bond donors (Lipinski definition) is 1. The van der Waals surface area contributed by atoms with Crippen molar-refractivity contribution in [2.45, 2.75) is 6.42 Å². The van der Waals surface area contributed by atoms with E-state index in [1.54, 1.807) is 0 Å². The lowest BCUT2D eigenvalue weighted by Gasteiger charge is -2.26. The quantitative estimate of drug-likeness (QED) is 0.878. The fraction of sp³-hybridized carbons (Fsp3) is 0.333. The summed E-state index contributed by atoms with van der Waals surface area (Å²) in [5.41, 5.74) is 8.35. The van der Waals surface area contributed by atoms with Crippen LogP contribution < -0.4 is 5.73 Å². The van der Waals surface area contributed by atoms with Crippen molar-refractivity contribution in [2.75, 3.05) is 32.0 Å². The van der Waals surface area contributed by atoms with Crippen LogP contribution in [0.5, 0.6) is 0 Å². The van der Waals surface area contributed by atoms with Gasteiger partial charge in [-0.25, -0.2) is 4.98 Å². The Kier molecular flexibility index (Phi) is 4.17. The Morgan fingerprint density at radius 3 is 2.95 bits per heavy atom. The van der Waals surface area contributed by atoms with E-state index in [-0.39, 0.29) is 5.91 Å². The highest BCUT2D eigenvalue weighted by atomic mass is 32.1. The predicted octanol–water partition coefficient (Wildman–Crippen LogP) is 1.79. The van der Waals surface area contributed by atoms with Crippen molar-refractivity contribution < 1.29 is 9.53 Å². The molecule has 0 atom stereocenters. The molecule has 6 heteroatoms. The molecule has 21 heavy (non-hydrogen) atoms. The molecule has 2 N–H and O–H groups in total. The third kappa shape index (κ3) is 3.40. The Balaban J connectivity index is 1.69. The van der Waals surface area contributed by atoms with E-state index >= 15 is 0 Å². The molecule has 5 nitrogen and oxygen atoms in total. The molecule has 2 heterocycles. The summed E-state index contributed by atoms with van der Waals surface area (Å²) in [7, 11) is 0. The lowest BCUT2D eigenvalue weighted by atomic mass is 10.1. The molecule has 0 bridgehead atoms. The van der Waals surface area contributed by atoms with Crippen molar-refractivity contribution in [1.29, 1.82) is 0 Å². The zero-order valence-electron chi connectivity index (χ0n) is 11.6. The van der Waals surface area contributed by atoms with Gasteiger partial charge in [0, 0.05) is 29.7 Å². The van der Waals surface area contributed by atoms with Crippen LogP contribution in [0.1, 0.15) is 5.01 Å². The summed E-state index contributed by atoms with van der Waals surface area (Å²) in [6, 6.07) is 7.61. The second kappa shape index (κ2) is 6.24. The second-order valence-electron chi connectivity index (χ2n) is 4.92. The summed E-state index contributed by atoms with van der Waals surface area (Å²) >= 11 is 1.51. The molecular weight excluding hydrogens is 286 g/mol. The van der Waals surface area contributed by atoms with Crippen molar-refractivity contribution in [2.24, 2.45) is 0 Å². The number of nitrogen functional groups attached to an aromatic ring is 1. The highest BCUT2D eigenvalue weighted by Crippen LogP contribution is 2.24. The molecule has 0 aliphatic carbocycles. The van der Waals surface area contributed by atoms with E-state index in [2.05, 4.69) is 4.98 Å². The standard InChI is InChI=1S/C15H17N3O2S/c16-12-3-1-2-11(8-12)13-10-21-14(17-13)9-15(19)18-4-6-20-7-5-18/h1-3,8,10H,4-7,9,16H2. The first kappa shape index (κ1) is 14.0. The van der Waals surface area contributed by atoms with Crippen molar-refractivity contribution in [3.05, 3.63) is 34.7 Å². The number of carbonyl (C=O) groups is 1. The number of aromatic nitrogens is 1. The molecule has 110 valence electrons. The van der Waals surface area contributed by atoms with E-state index in [4.69, 9.17) is 10.5 Å². The van der Waals surface area contributed by atoms with Crippen LogP contribution in [0.15, 0.2) is 29.6 Å². The van der Waals surface area contributed by atoms with Crippen LogP contribution in [0.4, 0.5) is 5.69 Å². The Morgan fingerprint density at radius 2 is 2.19 bits per heavy atom. The molecule has 1 saturated heterocycles. The second-order valence-corrected chi connectivity index (χ2v) is 5.86. The molecule has 0 saturated carbocycles. The number of rotatable bonds is 3. The van der Waals surface area contributed by atoms with Gasteiger partial charge in [0.15, 0.2) is 0 Å². The van der Waals surface area contributed by atoms with Gasteiger partial charge >= 0.3 is 0 Å². The van der Waals surface area contributed by atoms with Crippen molar-refractivity contribution in [3.63, 3.8) is 0 Å². The van der Waals surface area contributed by atoms with Crippen molar-refractivity contribution in [3.8, 4) is 11.3 Å². The summed E-state index contributed by atoms with van der Waals surface area (Å²) in [5, 5.41) is 2.81. The maximum atomic E-state index is 12.2. The number of ether oxygens (including phenoxy) is 1. The van der Waals surface area contributed by atoms with Crippen LogP contribution in [0.3, 0.4) is 0 Å². The molecule has 1 aliphatic rings. The Morgan fingerprint density at radius 1 is 1.38 bits per heavy atom. The van der Waals surface area contributed by atoms with Crippen LogP contribution >= 0.6 is 11.3 Å². The topological polar surface area (TPSA) is 68.5 Å². The number of benzene rings is 1. The molecule has 0 spiro atoms. The van der Waals surface area contributed by atoms with Crippen LogP contribution in [0.2, 0.25) is 0 Å². The zero-order chi connectivity index (χ0) is 14.7. The molecule has 1 aliphatic heterocycles. The number of nitrogens with two attached hydrogens (primary N) is 1. The Hall–Kier alpha value is -1.92. The maximum absolute atomic E-state index is 12.2. The Bertz CT molecular complexity index is 635. The fourth-order valence-electron chi connectivity index (χ4n) is 2.28. The van der Waals surface area contributed by atoms with Crippen molar-refractivity contribution in [1.82, 2.24) is 9.88 Å². The van der Waals surface area contributed by atoms with E-state index in [9.17, 15) is 4.79 Å². The summed E-state index contributed by atoms with van der Waals surface area (Å²) < 4.78 is 5.25. The van der Waals surface area contributed by atoms with Crippen LogP contribution in [0, 0.1) is 0 Å². The minimum Gasteiger partial charge on any atom is -0.399 e. The Labute approximate surface area is 127 Å². The number of hydrogen-bond acceptors (Lipinski definition) is 5. The van der Waals surface area contributed by atoms with E-state index in [1.807, 2.05) is 34.5 Å². The molecule has 0 unspecified atom stereocenters. The lowest BCUT2D eigenvalue weighted by molar-refractivity contribution is -0.134. The molecular formula is C15H17N3O2S. The predicted molar refractivity (Wildman–Crippen MR) is 83.1 cm³/mol. The highest BCUT2D eigenvalue weighted by molar-refractivity contribution is 7.10. The summed E-state index contributed by atoms with van der Waals surface area (Å²) in [5.74, 6) is 0.117. The normalized spacial score (nSPS) is 15.1. The monoisotopic (exact) mass is 303 g/mol. The SMILES string of the molecule is Nc1cccc(-c2csc(CC(=O)N3CCOCC3)n2)c1. The lowest BCUT2D eigenvalue weighted by Crippen LogP contribution is -2.41. The molecule has 1 aromatic heterocycles. The van der Waals surface area contributed by atoms with Crippen molar-refractivity contribution >= 4 is 22.9 Å². The maximum Gasteiger partial charge on any atom is 0.229 e. The van der Waals surface area contributed by atoms with Gasteiger partial charge in [0.25, 0.3) is 0 Å². The highest BCUT2D eigenvalue weighted by Gasteiger charge is 2.18. The minimum atomic E-state index is 0.117. The van der Waals surface area contributed by atoms with Gasteiger partial charge in [0.2, 0.25) is 5.91 Å². The number of anilines is 1. The first-order valence-corrected chi connectivity index (χ1v) is 7.76. The number of thiazole rings is 1. The van der Waals surface area contributed by atoms with E-state index < -0.39 is 0 Å². The van der Waals surface area contributed by atoms with Gasteiger partial charge in [-0.2, -0.15) is 0 Å². The zero-order valence-corrected chi connectivity index (χ0v) is 12.4. The van der Waals surface area contributed by atoms with Crippen LogP contribution in [-0.4, -0.2) is 42.1 Å². The van der Waals surface area contributed by atoms with E-state index in [0.29, 0.717) is 38.4 Å². The summed E-state index contributed by atoms with van der Waals surface area (Å²) in [6.45, 7) is 2.59. The van der Waals surface area contributed by atoms with Gasteiger partial charge in [-0.15, -0.1) is 11.3 Å². The fourth-order valence-corrected chi connectivity index (χ4v) is 3.07. The summed E-state index contributed by atoms with van der Waals surface area (Å²) in [4.78, 5) is 18.6. The molecule has 3 rings (SSSR count). The van der Waals surface area contributed by atoms with Crippen LogP contribution in [0.25, 0.3) is 11.3 Å². The first-order valence-electron chi connectivity index (χ1n) is 6.88. The summed E-state index contributed by atoms with van der Waals surface area (Å²) in [6.07, 6.45) is 0.354. The molecule has 0 radical (unpaired) electrons. The van der Waals surface area contributed by atoms with Gasteiger partial charge in [0.05, 0.1) is 25.3 Å². The number of amides is 1. The van der Waals surface area contributed by atoms with Gasteiger partial charge in [0.1, 0.15) is 5.01 Å². The smallest absolute Gasteiger partial charge is 0.229 e. The molecule has 1 aromatic carbocycles. The van der Waals surface area contributed by atoms with Gasteiger partial charge in [-0.3, -0.25) is 4.79 Å². The molecule has 2 aromatic rings. The van der Waals surface area contributed by atoms with Gasteiger partial charge in [-0.05, 0) is 12.1 Å². The first-order chi connectivity index (χ1) is 10.2.